The van der Waals surface area contributed by atoms with E-state index in [9.17, 15) is 9.59 Å². The number of carbonyl (C=O) groups excluding carboxylic acids is 2. The van der Waals surface area contributed by atoms with E-state index in [4.69, 9.17) is 20.8 Å². The maximum atomic E-state index is 12.2. The second kappa shape index (κ2) is 8.96. The van der Waals surface area contributed by atoms with Crippen LogP contribution >= 0.6 is 11.6 Å². The van der Waals surface area contributed by atoms with Crippen LogP contribution in [0.3, 0.4) is 0 Å². The van der Waals surface area contributed by atoms with Crippen LogP contribution < -0.4 is 10.1 Å². The van der Waals surface area contributed by atoms with Gasteiger partial charge in [-0.1, -0.05) is 29.8 Å². The zero-order valence-corrected chi connectivity index (χ0v) is 16.8. The molecule has 4 rings (SSSR count). The van der Waals surface area contributed by atoms with Crippen molar-refractivity contribution in [1.29, 1.82) is 0 Å². The third-order valence-electron chi connectivity index (χ3n) is 4.56. The predicted octanol–water partition coefficient (Wildman–Crippen LogP) is 3.53. The van der Waals surface area contributed by atoms with Gasteiger partial charge in [0.25, 0.3) is 5.89 Å². The zero-order valence-electron chi connectivity index (χ0n) is 16.0. The molecule has 30 heavy (non-hydrogen) atoms. The molecule has 1 aliphatic rings. The van der Waals surface area contributed by atoms with E-state index >= 15 is 0 Å². The molecule has 2 heterocycles. The van der Waals surface area contributed by atoms with Crippen LogP contribution in [0.15, 0.2) is 52.9 Å². The smallest absolute Gasteiger partial charge is 0.254 e. The van der Waals surface area contributed by atoms with Crippen molar-refractivity contribution in [2.75, 3.05) is 18.4 Å². The number of aromatic nitrogens is 2. The molecule has 8 nitrogen and oxygen atoms in total. The summed E-state index contributed by atoms with van der Waals surface area (Å²) in [6.45, 7) is 0.740. The summed E-state index contributed by atoms with van der Waals surface area (Å²) in [5, 5.41) is 11.3. The van der Waals surface area contributed by atoms with Gasteiger partial charge in [-0.25, -0.2) is 0 Å². The van der Waals surface area contributed by atoms with Gasteiger partial charge in [-0.3, -0.25) is 9.59 Å². The van der Waals surface area contributed by atoms with E-state index in [1.54, 1.807) is 41.3 Å². The third-order valence-corrected chi connectivity index (χ3v) is 4.89. The highest BCUT2D eigenvalue weighted by Gasteiger charge is 2.22. The summed E-state index contributed by atoms with van der Waals surface area (Å²) in [7, 11) is 0. The molecule has 2 amide bonds. The Kier molecular flexibility index (Phi) is 5.94. The molecule has 1 saturated heterocycles. The second-order valence-corrected chi connectivity index (χ2v) is 7.17. The number of nitrogens with zero attached hydrogens (tertiary/aromatic N) is 3. The molecule has 2 aromatic carbocycles. The van der Waals surface area contributed by atoms with Crippen molar-refractivity contribution in [2.24, 2.45) is 0 Å². The van der Waals surface area contributed by atoms with Gasteiger partial charge in [0, 0.05) is 24.7 Å². The number of rotatable bonds is 7. The first-order valence-electron chi connectivity index (χ1n) is 9.46. The summed E-state index contributed by atoms with van der Waals surface area (Å²) in [6, 6.07) is 14.1. The van der Waals surface area contributed by atoms with Crippen molar-refractivity contribution < 1.29 is 18.7 Å². The molecule has 1 N–H and O–H groups in total. The monoisotopic (exact) mass is 426 g/mol. The Bertz CT molecular complexity index is 1070. The quantitative estimate of drug-likeness (QED) is 0.620. The van der Waals surface area contributed by atoms with Crippen LogP contribution in [0.2, 0.25) is 5.02 Å². The zero-order chi connectivity index (χ0) is 20.9. The Morgan fingerprint density at radius 3 is 2.87 bits per heavy atom. The molecule has 1 fully saturated rings. The van der Waals surface area contributed by atoms with E-state index in [-0.39, 0.29) is 25.0 Å². The molecular weight excluding hydrogens is 408 g/mol. The largest absolute Gasteiger partial charge is 0.484 e. The van der Waals surface area contributed by atoms with Crippen LogP contribution in [-0.2, 0) is 16.2 Å². The van der Waals surface area contributed by atoms with Gasteiger partial charge in [-0.15, -0.1) is 10.2 Å². The van der Waals surface area contributed by atoms with E-state index in [1.807, 2.05) is 12.1 Å². The number of halogens is 1. The highest BCUT2D eigenvalue weighted by atomic mass is 35.5. The van der Waals surface area contributed by atoms with E-state index in [0.29, 0.717) is 46.8 Å². The van der Waals surface area contributed by atoms with E-state index in [2.05, 4.69) is 15.5 Å². The normalized spacial score (nSPS) is 13.5. The minimum Gasteiger partial charge on any atom is -0.484 e. The Morgan fingerprint density at radius 2 is 2.07 bits per heavy atom. The fraction of sp³-hybridized carbons (Fsp3) is 0.238. The van der Waals surface area contributed by atoms with Crippen molar-refractivity contribution in [3.63, 3.8) is 0 Å². The lowest BCUT2D eigenvalue weighted by atomic mass is 10.2. The molecule has 0 spiro atoms. The Morgan fingerprint density at radius 1 is 1.20 bits per heavy atom. The molecule has 9 heteroatoms. The van der Waals surface area contributed by atoms with Crippen LogP contribution in [-0.4, -0.2) is 40.0 Å². The maximum absolute atomic E-state index is 12.2. The number of carbonyl (C=O) groups is 2. The summed E-state index contributed by atoms with van der Waals surface area (Å²) in [6.07, 6.45) is 1.30. The summed E-state index contributed by atoms with van der Waals surface area (Å²) in [5.74, 6) is 0.910. The van der Waals surface area contributed by atoms with Crippen molar-refractivity contribution in [3.05, 3.63) is 59.4 Å². The minimum absolute atomic E-state index is 0.0120. The number of hydrogen-bond donors (Lipinski definition) is 1. The number of amides is 2. The van der Waals surface area contributed by atoms with Crippen LogP contribution in [0, 0.1) is 0 Å². The van der Waals surface area contributed by atoms with Gasteiger partial charge in [0.15, 0.2) is 6.61 Å². The van der Waals surface area contributed by atoms with E-state index in [0.717, 1.165) is 6.42 Å². The Balaban J connectivity index is 1.34. The highest BCUT2D eigenvalue weighted by molar-refractivity contribution is 6.33. The van der Waals surface area contributed by atoms with Gasteiger partial charge in [-0.2, -0.15) is 0 Å². The average molecular weight is 427 g/mol. The first kappa shape index (κ1) is 19.9. The molecule has 3 aromatic rings. The average Bonchev–Trinajstić information content (AvgIpc) is 3.36. The van der Waals surface area contributed by atoms with Gasteiger partial charge in [-0.05, 0) is 30.7 Å². The molecule has 1 aromatic heterocycles. The van der Waals surface area contributed by atoms with Gasteiger partial charge in [0.1, 0.15) is 5.75 Å². The summed E-state index contributed by atoms with van der Waals surface area (Å²) in [4.78, 5) is 25.4. The first-order valence-corrected chi connectivity index (χ1v) is 9.84. The molecule has 1 aliphatic heterocycles. The van der Waals surface area contributed by atoms with Crippen molar-refractivity contribution >= 4 is 29.1 Å². The molecular formula is C21H19ClN4O4. The van der Waals surface area contributed by atoms with Crippen LogP contribution in [0.25, 0.3) is 11.5 Å². The molecule has 0 aliphatic carbocycles. The van der Waals surface area contributed by atoms with Crippen LogP contribution in [0.1, 0.15) is 18.7 Å². The standard InChI is InChI=1S/C21H19ClN4O4/c22-17-8-2-1-7-16(17)21-25-24-19(30-21)13-29-15-6-3-5-14(11-15)23-18(27)12-26-10-4-9-20(26)28/h1-3,5-8,11H,4,9-10,12-13H2,(H,23,27). The lowest BCUT2D eigenvalue weighted by Gasteiger charge is -2.15. The van der Waals surface area contributed by atoms with Gasteiger partial charge in [0.05, 0.1) is 17.1 Å². The molecule has 0 bridgehead atoms. The number of benzene rings is 2. The lowest BCUT2D eigenvalue weighted by molar-refractivity contribution is -0.131. The van der Waals surface area contributed by atoms with E-state index in [1.165, 1.54) is 0 Å². The fourth-order valence-corrected chi connectivity index (χ4v) is 3.33. The van der Waals surface area contributed by atoms with Crippen molar-refractivity contribution in [2.45, 2.75) is 19.4 Å². The third kappa shape index (κ3) is 4.77. The molecule has 0 saturated carbocycles. The molecule has 0 radical (unpaired) electrons. The number of anilines is 1. The van der Waals surface area contributed by atoms with Gasteiger partial charge in [0.2, 0.25) is 17.7 Å². The summed E-state index contributed by atoms with van der Waals surface area (Å²) < 4.78 is 11.3. The minimum atomic E-state index is -0.247. The number of hydrogen-bond acceptors (Lipinski definition) is 6. The van der Waals surface area contributed by atoms with E-state index < -0.39 is 0 Å². The highest BCUT2D eigenvalue weighted by Crippen LogP contribution is 2.26. The number of likely N-dealkylation sites (tertiary alicyclic amines) is 1. The van der Waals surface area contributed by atoms with Crippen LogP contribution in [0.4, 0.5) is 5.69 Å². The molecule has 0 atom stereocenters. The van der Waals surface area contributed by atoms with Crippen LogP contribution in [0.5, 0.6) is 5.75 Å². The Labute approximate surface area is 177 Å². The maximum Gasteiger partial charge on any atom is 0.254 e. The molecule has 0 unspecified atom stereocenters. The second-order valence-electron chi connectivity index (χ2n) is 6.76. The SMILES string of the molecule is O=C(CN1CCCC1=O)Nc1cccc(OCc2nnc(-c3ccccc3Cl)o2)c1. The van der Waals surface area contributed by atoms with Gasteiger partial charge < -0.3 is 19.4 Å². The summed E-state index contributed by atoms with van der Waals surface area (Å²) >= 11 is 6.15. The van der Waals surface area contributed by atoms with Crippen molar-refractivity contribution in [3.8, 4) is 17.2 Å². The fourth-order valence-electron chi connectivity index (χ4n) is 3.11. The molecule has 154 valence electrons. The summed E-state index contributed by atoms with van der Waals surface area (Å²) in [5.41, 5.74) is 1.23. The Hall–Kier alpha value is -3.39. The topological polar surface area (TPSA) is 97.6 Å². The predicted molar refractivity (Wildman–Crippen MR) is 110 cm³/mol. The number of nitrogens with one attached hydrogen (secondary N) is 1. The van der Waals surface area contributed by atoms with Crippen molar-refractivity contribution in [1.82, 2.24) is 15.1 Å². The lowest BCUT2D eigenvalue weighted by Crippen LogP contribution is -2.33. The first-order chi connectivity index (χ1) is 14.6. The van der Waals surface area contributed by atoms with Gasteiger partial charge >= 0.3 is 0 Å². The number of ether oxygens (including phenoxy) is 1.